The summed E-state index contributed by atoms with van der Waals surface area (Å²) >= 11 is 0. The maximum absolute atomic E-state index is 11.4. The average molecular weight is 281 g/mol. The molecule has 0 saturated heterocycles. The van der Waals surface area contributed by atoms with E-state index in [0.29, 0.717) is 6.42 Å². The predicted molar refractivity (Wildman–Crippen MR) is 83.2 cm³/mol. The molecule has 3 heteroatoms. The second-order valence-electron chi connectivity index (χ2n) is 5.61. The topological polar surface area (TPSA) is 49.3 Å². The van der Waals surface area contributed by atoms with E-state index in [0.717, 1.165) is 28.8 Å². The highest BCUT2D eigenvalue weighted by atomic mass is 16.3. The molecule has 3 rings (SSSR count). The van der Waals surface area contributed by atoms with Crippen molar-refractivity contribution >= 4 is 11.6 Å². The van der Waals surface area contributed by atoms with Crippen LogP contribution >= 0.6 is 0 Å². The van der Waals surface area contributed by atoms with Gasteiger partial charge in [-0.1, -0.05) is 49.4 Å². The number of carbonyl (C=O) groups is 1. The molecule has 0 spiro atoms. The monoisotopic (exact) mass is 281 g/mol. The Morgan fingerprint density at radius 3 is 2.57 bits per heavy atom. The fraction of sp³-hybridized carbons (Fsp3) is 0.278. The minimum absolute atomic E-state index is 0.0300. The normalized spacial score (nSPS) is 16.8. The van der Waals surface area contributed by atoms with Gasteiger partial charge in [0, 0.05) is 18.0 Å². The Kier molecular flexibility index (Phi) is 3.76. The van der Waals surface area contributed by atoms with Gasteiger partial charge in [-0.15, -0.1) is 0 Å². The molecule has 1 aliphatic rings. The number of anilines is 1. The van der Waals surface area contributed by atoms with Gasteiger partial charge in [0.05, 0.1) is 6.10 Å². The summed E-state index contributed by atoms with van der Waals surface area (Å²) < 4.78 is 0. The molecule has 0 aromatic heterocycles. The molecule has 21 heavy (non-hydrogen) atoms. The van der Waals surface area contributed by atoms with Gasteiger partial charge >= 0.3 is 0 Å². The van der Waals surface area contributed by atoms with Gasteiger partial charge in [-0.25, -0.2) is 0 Å². The lowest BCUT2D eigenvalue weighted by molar-refractivity contribution is -0.116. The summed E-state index contributed by atoms with van der Waals surface area (Å²) in [6.07, 6.45) is 0.706. The second kappa shape index (κ2) is 5.70. The van der Waals surface area contributed by atoms with Crippen LogP contribution in [0.4, 0.5) is 5.69 Å². The largest absolute Gasteiger partial charge is 0.388 e. The summed E-state index contributed by atoms with van der Waals surface area (Å²) in [5.41, 5.74) is 4.00. The highest BCUT2D eigenvalue weighted by Gasteiger charge is 2.21. The average Bonchev–Trinajstić information content (AvgIpc) is 2.53. The minimum atomic E-state index is -0.546. The maximum Gasteiger partial charge on any atom is 0.224 e. The first kappa shape index (κ1) is 13.8. The van der Waals surface area contributed by atoms with Crippen molar-refractivity contribution in [1.29, 1.82) is 0 Å². The van der Waals surface area contributed by atoms with Gasteiger partial charge in [0.1, 0.15) is 0 Å². The number of nitrogens with one attached hydrogen (secondary N) is 1. The highest BCUT2D eigenvalue weighted by molar-refractivity contribution is 5.93. The van der Waals surface area contributed by atoms with Crippen molar-refractivity contribution in [2.75, 3.05) is 5.32 Å². The first-order valence-electron chi connectivity index (χ1n) is 7.31. The fourth-order valence-corrected chi connectivity index (χ4v) is 2.81. The molecule has 1 aliphatic heterocycles. The molecule has 1 heterocycles. The molecule has 2 atom stereocenters. The van der Waals surface area contributed by atoms with Crippen molar-refractivity contribution < 1.29 is 9.90 Å². The molecule has 0 radical (unpaired) electrons. The van der Waals surface area contributed by atoms with Crippen LogP contribution in [0, 0.1) is 0 Å². The molecule has 3 nitrogen and oxygen atoms in total. The number of amides is 1. The van der Waals surface area contributed by atoms with E-state index >= 15 is 0 Å². The van der Waals surface area contributed by atoms with E-state index in [9.17, 15) is 9.90 Å². The smallest absolute Gasteiger partial charge is 0.224 e. The van der Waals surface area contributed by atoms with Crippen LogP contribution in [0.15, 0.2) is 48.5 Å². The van der Waals surface area contributed by atoms with E-state index < -0.39 is 6.10 Å². The zero-order valence-electron chi connectivity index (χ0n) is 12.0. The SMILES string of the molecule is CC(c1ccccc1)C(O)c1ccc2c(c1)CCC(=O)N2. The van der Waals surface area contributed by atoms with Crippen LogP contribution in [0.3, 0.4) is 0 Å². The van der Waals surface area contributed by atoms with Crippen molar-refractivity contribution in [2.45, 2.75) is 31.8 Å². The predicted octanol–water partition coefficient (Wildman–Crippen LogP) is 3.41. The van der Waals surface area contributed by atoms with Gasteiger partial charge in [-0.2, -0.15) is 0 Å². The van der Waals surface area contributed by atoms with E-state index in [4.69, 9.17) is 0 Å². The number of carbonyl (C=O) groups excluding carboxylic acids is 1. The Labute approximate surface area is 124 Å². The maximum atomic E-state index is 11.4. The van der Waals surface area contributed by atoms with Gasteiger partial charge in [0.15, 0.2) is 0 Å². The van der Waals surface area contributed by atoms with Crippen LogP contribution in [-0.4, -0.2) is 11.0 Å². The number of aliphatic hydroxyl groups excluding tert-OH is 1. The molecule has 2 aromatic rings. The first-order chi connectivity index (χ1) is 10.1. The molecule has 108 valence electrons. The standard InChI is InChI=1S/C18H19NO2/c1-12(13-5-3-2-4-6-13)18(21)15-7-9-16-14(11-15)8-10-17(20)19-16/h2-7,9,11-12,18,21H,8,10H2,1H3,(H,19,20). The van der Waals surface area contributed by atoms with Crippen LogP contribution in [0.25, 0.3) is 0 Å². The molecule has 2 N–H and O–H groups in total. The number of benzene rings is 2. The van der Waals surface area contributed by atoms with Crippen molar-refractivity contribution in [3.8, 4) is 0 Å². The second-order valence-corrected chi connectivity index (χ2v) is 5.61. The van der Waals surface area contributed by atoms with E-state index in [2.05, 4.69) is 5.32 Å². The summed E-state index contributed by atoms with van der Waals surface area (Å²) in [5.74, 6) is 0.0934. The minimum Gasteiger partial charge on any atom is -0.388 e. The number of hydrogen-bond donors (Lipinski definition) is 2. The molecule has 1 amide bonds. The van der Waals surface area contributed by atoms with Crippen LogP contribution in [0.5, 0.6) is 0 Å². The molecule has 0 fully saturated rings. The Morgan fingerprint density at radius 1 is 1.05 bits per heavy atom. The van der Waals surface area contributed by atoms with E-state index in [1.165, 1.54) is 0 Å². The first-order valence-corrected chi connectivity index (χ1v) is 7.31. The Hall–Kier alpha value is -2.13. The van der Waals surface area contributed by atoms with Crippen molar-refractivity contribution in [2.24, 2.45) is 0 Å². The third kappa shape index (κ3) is 2.83. The molecule has 2 aromatic carbocycles. The summed E-state index contributed by atoms with van der Waals surface area (Å²) in [6, 6.07) is 15.8. The van der Waals surface area contributed by atoms with E-state index in [-0.39, 0.29) is 11.8 Å². The van der Waals surface area contributed by atoms with Crippen molar-refractivity contribution in [1.82, 2.24) is 0 Å². The fourth-order valence-electron chi connectivity index (χ4n) is 2.81. The van der Waals surface area contributed by atoms with Crippen molar-refractivity contribution in [3.63, 3.8) is 0 Å². The summed E-state index contributed by atoms with van der Waals surface area (Å²) in [4.78, 5) is 11.4. The van der Waals surface area contributed by atoms with Crippen LogP contribution in [-0.2, 0) is 11.2 Å². The lowest BCUT2D eigenvalue weighted by Gasteiger charge is -2.23. The van der Waals surface area contributed by atoms with Gasteiger partial charge in [0.25, 0.3) is 0 Å². The van der Waals surface area contributed by atoms with Crippen LogP contribution < -0.4 is 5.32 Å². The quantitative estimate of drug-likeness (QED) is 0.905. The van der Waals surface area contributed by atoms with Crippen molar-refractivity contribution in [3.05, 3.63) is 65.2 Å². The molecular weight excluding hydrogens is 262 g/mol. The number of aliphatic hydroxyl groups is 1. The zero-order chi connectivity index (χ0) is 14.8. The lowest BCUT2D eigenvalue weighted by Crippen LogP contribution is -2.19. The summed E-state index contributed by atoms with van der Waals surface area (Å²) in [7, 11) is 0. The molecule has 0 saturated carbocycles. The van der Waals surface area contributed by atoms with Crippen LogP contribution in [0.2, 0.25) is 0 Å². The number of rotatable bonds is 3. The van der Waals surface area contributed by atoms with Gasteiger partial charge in [0.2, 0.25) is 5.91 Å². The summed E-state index contributed by atoms with van der Waals surface area (Å²) in [6.45, 7) is 2.03. The van der Waals surface area contributed by atoms with Gasteiger partial charge in [-0.05, 0) is 29.2 Å². The van der Waals surface area contributed by atoms with Gasteiger partial charge in [-0.3, -0.25) is 4.79 Å². The third-order valence-corrected chi connectivity index (χ3v) is 4.17. The Morgan fingerprint density at radius 2 is 1.81 bits per heavy atom. The molecular formula is C18H19NO2. The molecule has 0 aliphatic carbocycles. The van der Waals surface area contributed by atoms with E-state index in [1.54, 1.807) is 0 Å². The summed E-state index contributed by atoms with van der Waals surface area (Å²) in [5, 5.41) is 13.5. The lowest BCUT2D eigenvalue weighted by atomic mass is 9.89. The van der Waals surface area contributed by atoms with Gasteiger partial charge < -0.3 is 10.4 Å². The number of aryl methyl sites for hydroxylation is 1. The van der Waals surface area contributed by atoms with Crippen LogP contribution in [0.1, 0.15) is 42.1 Å². The zero-order valence-corrected chi connectivity index (χ0v) is 12.0. The Balaban J connectivity index is 1.85. The Bertz CT molecular complexity index is 652. The third-order valence-electron chi connectivity index (χ3n) is 4.17. The molecule has 2 unspecified atom stereocenters. The van der Waals surface area contributed by atoms with E-state index in [1.807, 2.05) is 55.5 Å². The highest BCUT2D eigenvalue weighted by Crippen LogP contribution is 2.33. The number of hydrogen-bond acceptors (Lipinski definition) is 2. The molecule has 0 bridgehead atoms. The number of fused-ring (bicyclic) bond motifs is 1.